The third kappa shape index (κ3) is 1.22. The molecule has 10 heavy (non-hydrogen) atoms. The van der Waals surface area contributed by atoms with Crippen LogP contribution in [0, 0.1) is 4.91 Å². The van der Waals surface area contributed by atoms with Crippen LogP contribution in [0.5, 0.6) is 0 Å². The van der Waals surface area contributed by atoms with Gasteiger partial charge in [0.2, 0.25) is 0 Å². The number of aromatic amines is 1. The van der Waals surface area contributed by atoms with E-state index < -0.39 is 5.91 Å². The van der Waals surface area contributed by atoms with E-state index in [-0.39, 0.29) is 5.56 Å². The van der Waals surface area contributed by atoms with Gasteiger partial charge in [0, 0.05) is 11.2 Å². The number of nitroso groups, excluding NO2 is 1. The van der Waals surface area contributed by atoms with Crippen LogP contribution in [0.2, 0.25) is 0 Å². The van der Waals surface area contributed by atoms with E-state index in [9.17, 15) is 9.70 Å². The van der Waals surface area contributed by atoms with E-state index in [1.165, 1.54) is 12.3 Å². The number of H-pyrrole nitrogens is 1. The first-order valence-electron chi connectivity index (χ1n) is 2.68. The molecule has 0 fully saturated rings. The molecule has 0 bridgehead atoms. The Kier molecular flexibility index (Phi) is 1.84. The van der Waals surface area contributed by atoms with Crippen LogP contribution in [0.25, 0.3) is 0 Å². The molecule has 0 saturated heterocycles. The van der Waals surface area contributed by atoms with Gasteiger partial charge in [-0.25, -0.2) is 4.98 Å². The fraction of sp³-hybridized carbons (Fsp3) is 0. The summed E-state index contributed by atoms with van der Waals surface area (Å²) in [6, 6.07) is 3.14. The summed E-state index contributed by atoms with van der Waals surface area (Å²) in [5, 5.41) is 2.25. The highest BCUT2D eigenvalue weighted by Crippen LogP contribution is 1.94. The molecule has 0 aromatic carbocycles. The molecule has 4 heteroatoms. The molecule has 1 aromatic rings. The van der Waals surface area contributed by atoms with Crippen molar-refractivity contribution in [2.24, 2.45) is 5.18 Å². The normalized spacial score (nSPS) is 8.80. The molecule has 1 rings (SSSR count). The van der Waals surface area contributed by atoms with Gasteiger partial charge in [-0.1, -0.05) is 0 Å². The molecule has 1 amide bonds. The Bertz CT molecular complexity index is 245. The summed E-state index contributed by atoms with van der Waals surface area (Å²) in [6.07, 6.45) is 3.06. The van der Waals surface area contributed by atoms with Crippen molar-refractivity contribution in [3.63, 3.8) is 0 Å². The van der Waals surface area contributed by atoms with Gasteiger partial charge in [-0.15, -0.1) is 4.91 Å². The molecule has 0 spiro atoms. The predicted octanol–water partition coefficient (Wildman–Crippen LogP) is 0.407. The van der Waals surface area contributed by atoms with Crippen molar-refractivity contribution in [1.29, 1.82) is 0 Å². The fourth-order valence-electron chi connectivity index (χ4n) is 0.579. The maximum atomic E-state index is 10.5. The van der Waals surface area contributed by atoms with Crippen molar-refractivity contribution in [1.82, 2.24) is 0 Å². The molecule has 0 saturated carbocycles. The van der Waals surface area contributed by atoms with Gasteiger partial charge in [0.1, 0.15) is 5.56 Å². The highest BCUT2D eigenvalue weighted by atomic mass is 16.3. The highest BCUT2D eigenvalue weighted by molar-refractivity contribution is 5.94. The summed E-state index contributed by atoms with van der Waals surface area (Å²) in [6.45, 7) is 0. The van der Waals surface area contributed by atoms with Crippen molar-refractivity contribution in [3.8, 4) is 0 Å². The number of hydrogen-bond acceptors (Lipinski definition) is 2. The number of nitrogens with zero attached hydrogens (tertiary/aromatic N) is 1. The Hall–Kier alpha value is -1.58. The first-order chi connectivity index (χ1) is 4.84. The Labute approximate surface area is 56.9 Å². The van der Waals surface area contributed by atoms with Gasteiger partial charge in [0.25, 0.3) is 0 Å². The van der Waals surface area contributed by atoms with Gasteiger partial charge >= 0.3 is 5.91 Å². The maximum Gasteiger partial charge on any atom is 0.322 e. The standard InChI is InChI=1S/C6H4N2O2/c9-6(8-10)5-2-1-3-7-4-5/h1-4H/p+1. The minimum absolute atomic E-state index is 0.275. The molecular formula is C6H5N2O2+. The van der Waals surface area contributed by atoms with E-state index >= 15 is 0 Å². The first kappa shape index (κ1) is 6.54. The summed E-state index contributed by atoms with van der Waals surface area (Å²) in [5.74, 6) is -0.753. The van der Waals surface area contributed by atoms with Crippen molar-refractivity contribution < 1.29 is 9.78 Å². The van der Waals surface area contributed by atoms with Gasteiger partial charge in [0.05, 0.1) is 0 Å². The van der Waals surface area contributed by atoms with Crippen LogP contribution < -0.4 is 4.98 Å². The first-order valence-corrected chi connectivity index (χ1v) is 2.68. The molecule has 0 aliphatic carbocycles. The SMILES string of the molecule is O=NC(=O)c1ccc[nH+]c1. The molecule has 1 heterocycles. The quantitative estimate of drug-likeness (QED) is 0.526. The third-order valence-corrected chi connectivity index (χ3v) is 1.04. The van der Waals surface area contributed by atoms with E-state index in [1.807, 2.05) is 0 Å². The van der Waals surface area contributed by atoms with Gasteiger partial charge in [-0.05, 0) is 6.07 Å². The van der Waals surface area contributed by atoms with Crippen LogP contribution in [0.3, 0.4) is 0 Å². The lowest BCUT2D eigenvalue weighted by atomic mass is 10.3. The molecule has 1 aromatic heterocycles. The molecule has 0 atom stereocenters. The van der Waals surface area contributed by atoms with Gasteiger partial charge in [-0.3, -0.25) is 4.79 Å². The number of nitrogens with one attached hydrogen (secondary N) is 1. The lowest BCUT2D eigenvalue weighted by Crippen LogP contribution is -2.03. The molecule has 50 valence electrons. The zero-order valence-corrected chi connectivity index (χ0v) is 5.07. The van der Waals surface area contributed by atoms with Crippen LogP contribution in [0.15, 0.2) is 29.7 Å². The largest absolute Gasteiger partial charge is 0.322 e. The van der Waals surface area contributed by atoms with Crippen LogP contribution in [-0.4, -0.2) is 5.91 Å². The molecule has 4 nitrogen and oxygen atoms in total. The summed E-state index contributed by atoms with van der Waals surface area (Å²) in [7, 11) is 0. The van der Waals surface area contributed by atoms with E-state index in [2.05, 4.69) is 10.2 Å². The molecular weight excluding hydrogens is 132 g/mol. The number of amides is 1. The monoisotopic (exact) mass is 137 g/mol. The Balaban J connectivity index is 2.95. The Morgan fingerprint density at radius 3 is 2.90 bits per heavy atom. The van der Waals surface area contributed by atoms with Crippen LogP contribution in [0.4, 0.5) is 0 Å². The van der Waals surface area contributed by atoms with E-state index in [4.69, 9.17) is 0 Å². The zero-order chi connectivity index (χ0) is 7.40. The summed E-state index contributed by atoms with van der Waals surface area (Å²) in [4.78, 5) is 22.9. The highest BCUT2D eigenvalue weighted by Gasteiger charge is 2.05. The van der Waals surface area contributed by atoms with Crippen LogP contribution in [0.1, 0.15) is 10.4 Å². The molecule has 1 N–H and O–H groups in total. The van der Waals surface area contributed by atoms with Gasteiger partial charge in [-0.2, -0.15) is 0 Å². The topological polar surface area (TPSA) is 60.6 Å². The molecule has 0 aliphatic rings. The summed E-state index contributed by atoms with van der Waals surface area (Å²) >= 11 is 0. The van der Waals surface area contributed by atoms with Gasteiger partial charge in [0.15, 0.2) is 12.4 Å². The van der Waals surface area contributed by atoms with E-state index in [0.29, 0.717) is 0 Å². The number of carbonyl (C=O) groups excluding carboxylic acids is 1. The predicted molar refractivity (Wildman–Crippen MR) is 33.1 cm³/mol. The van der Waals surface area contributed by atoms with Crippen molar-refractivity contribution >= 4 is 5.91 Å². The lowest BCUT2D eigenvalue weighted by Gasteiger charge is -1.82. The number of aromatic nitrogens is 1. The average Bonchev–Trinajstić information content (AvgIpc) is 2.05. The minimum Gasteiger partial charge on any atom is -0.263 e. The number of carbonyl (C=O) groups is 1. The smallest absolute Gasteiger partial charge is 0.263 e. The third-order valence-electron chi connectivity index (χ3n) is 1.04. The minimum atomic E-state index is -0.753. The zero-order valence-electron chi connectivity index (χ0n) is 5.07. The molecule has 0 unspecified atom stereocenters. The van der Waals surface area contributed by atoms with Crippen molar-refractivity contribution in [2.75, 3.05) is 0 Å². The Morgan fingerprint density at radius 1 is 1.60 bits per heavy atom. The lowest BCUT2D eigenvalue weighted by molar-refractivity contribution is -0.378. The van der Waals surface area contributed by atoms with Crippen molar-refractivity contribution in [2.45, 2.75) is 0 Å². The maximum absolute atomic E-state index is 10.5. The summed E-state index contributed by atoms with van der Waals surface area (Å²) in [5.41, 5.74) is 0.275. The van der Waals surface area contributed by atoms with Crippen molar-refractivity contribution in [3.05, 3.63) is 35.0 Å². The Morgan fingerprint density at radius 2 is 2.40 bits per heavy atom. The van der Waals surface area contributed by atoms with Gasteiger partial charge < -0.3 is 0 Å². The van der Waals surface area contributed by atoms with E-state index in [1.54, 1.807) is 12.3 Å². The number of rotatable bonds is 1. The fourth-order valence-corrected chi connectivity index (χ4v) is 0.579. The summed E-state index contributed by atoms with van der Waals surface area (Å²) < 4.78 is 0. The number of pyridine rings is 1. The molecule has 0 radical (unpaired) electrons. The van der Waals surface area contributed by atoms with Crippen LogP contribution in [-0.2, 0) is 0 Å². The van der Waals surface area contributed by atoms with Crippen LogP contribution >= 0.6 is 0 Å². The van der Waals surface area contributed by atoms with E-state index in [0.717, 1.165) is 0 Å². The molecule has 0 aliphatic heterocycles. The average molecular weight is 137 g/mol. The number of hydrogen-bond donors (Lipinski definition) is 0. The second-order valence-corrected chi connectivity index (χ2v) is 1.69. The second kappa shape index (κ2) is 2.82. The second-order valence-electron chi connectivity index (χ2n) is 1.69.